The lowest BCUT2D eigenvalue weighted by Gasteiger charge is -2.20. The van der Waals surface area contributed by atoms with Crippen molar-refractivity contribution < 1.29 is 17.2 Å². The lowest BCUT2D eigenvalue weighted by molar-refractivity contribution is 0.402. The Kier molecular flexibility index (Phi) is 4.78. The van der Waals surface area contributed by atoms with E-state index < -0.39 is 26.6 Å². The molecule has 18 heavy (non-hydrogen) atoms. The molecule has 4 nitrogen and oxygen atoms in total. The van der Waals surface area contributed by atoms with Gasteiger partial charge in [-0.2, -0.15) is 0 Å². The number of nitrogens with two attached hydrogens (primary N) is 1. The predicted molar refractivity (Wildman–Crippen MR) is 64.4 cm³/mol. The van der Waals surface area contributed by atoms with Gasteiger partial charge < -0.3 is 5.73 Å². The second-order valence-corrected chi connectivity index (χ2v) is 6.21. The van der Waals surface area contributed by atoms with E-state index in [1.165, 1.54) is 7.05 Å². The molecule has 0 aliphatic heterocycles. The van der Waals surface area contributed by atoms with Gasteiger partial charge in [-0.05, 0) is 30.7 Å². The highest BCUT2D eigenvalue weighted by atomic mass is 32.2. The van der Waals surface area contributed by atoms with Gasteiger partial charge in [-0.15, -0.1) is 0 Å². The molecule has 7 heteroatoms. The molecule has 1 atom stereocenters. The van der Waals surface area contributed by atoms with Crippen LogP contribution in [-0.2, 0) is 10.0 Å². The maximum absolute atomic E-state index is 13.4. The molecular formula is C11H16F2N2O2S. The van der Waals surface area contributed by atoms with Crippen molar-refractivity contribution in [1.29, 1.82) is 0 Å². The molecule has 2 N–H and O–H groups in total. The van der Waals surface area contributed by atoms with Gasteiger partial charge in [0.25, 0.3) is 0 Å². The van der Waals surface area contributed by atoms with Crippen LogP contribution in [0.5, 0.6) is 0 Å². The quantitative estimate of drug-likeness (QED) is 0.879. The second kappa shape index (κ2) is 5.73. The molecule has 0 bridgehead atoms. The van der Waals surface area contributed by atoms with Crippen molar-refractivity contribution in [3.63, 3.8) is 0 Å². The topological polar surface area (TPSA) is 63.4 Å². The minimum absolute atomic E-state index is 0.0682. The number of nitrogens with zero attached hydrogens (tertiary/aromatic N) is 1. The van der Waals surface area contributed by atoms with E-state index in [2.05, 4.69) is 0 Å². The molecule has 0 aliphatic carbocycles. The first kappa shape index (κ1) is 15.0. The molecule has 0 radical (unpaired) electrons. The Morgan fingerprint density at radius 2 is 2.00 bits per heavy atom. The van der Waals surface area contributed by atoms with Crippen molar-refractivity contribution in [1.82, 2.24) is 4.31 Å². The fraction of sp³-hybridized carbons (Fsp3) is 0.455. The van der Waals surface area contributed by atoms with Gasteiger partial charge in [-0.3, -0.25) is 0 Å². The van der Waals surface area contributed by atoms with Crippen LogP contribution in [-0.4, -0.2) is 32.9 Å². The SMILES string of the molecule is CC(CN)CN(C)S(=O)(=O)c1cc(F)ccc1F. The zero-order chi connectivity index (χ0) is 13.9. The Morgan fingerprint density at radius 3 is 2.56 bits per heavy atom. The number of hydrogen-bond acceptors (Lipinski definition) is 3. The van der Waals surface area contributed by atoms with E-state index in [-0.39, 0.29) is 12.5 Å². The van der Waals surface area contributed by atoms with Gasteiger partial charge in [-0.1, -0.05) is 6.92 Å². The first-order chi connectivity index (χ1) is 8.28. The molecule has 102 valence electrons. The molecule has 0 aromatic heterocycles. The molecular weight excluding hydrogens is 262 g/mol. The number of rotatable bonds is 5. The van der Waals surface area contributed by atoms with Crippen molar-refractivity contribution in [2.75, 3.05) is 20.1 Å². The summed E-state index contributed by atoms with van der Waals surface area (Å²) in [5.41, 5.74) is 5.40. The van der Waals surface area contributed by atoms with Gasteiger partial charge in [0.2, 0.25) is 10.0 Å². The molecule has 1 aromatic rings. The third-order valence-electron chi connectivity index (χ3n) is 2.55. The highest BCUT2D eigenvalue weighted by Crippen LogP contribution is 2.20. The molecule has 0 heterocycles. The molecule has 0 aliphatic rings. The Bertz CT molecular complexity index is 520. The molecule has 1 rings (SSSR count). The van der Waals surface area contributed by atoms with Crippen LogP contribution in [0, 0.1) is 17.6 Å². The van der Waals surface area contributed by atoms with E-state index >= 15 is 0 Å². The first-order valence-electron chi connectivity index (χ1n) is 5.40. The van der Waals surface area contributed by atoms with Gasteiger partial charge in [0, 0.05) is 13.6 Å². The molecule has 0 fully saturated rings. The van der Waals surface area contributed by atoms with Crippen molar-refractivity contribution in [3.8, 4) is 0 Å². The van der Waals surface area contributed by atoms with Crippen LogP contribution in [0.4, 0.5) is 8.78 Å². The van der Waals surface area contributed by atoms with Gasteiger partial charge in [0.15, 0.2) is 0 Å². The number of halogens is 2. The van der Waals surface area contributed by atoms with Gasteiger partial charge in [-0.25, -0.2) is 21.5 Å². The van der Waals surface area contributed by atoms with Crippen LogP contribution in [0.2, 0.25) is 0 Å². The fourth-order valence-corrected chi connectivity index (χ4v) is 2.82. The maximum atomic E-state index is 13.4. The van der Waals surface area contributed by atoms with Crippen molar-refractivity contribution in [2.45, 2.75) is 11.8 Å². The summed E-state index contributed by atoms with van der Waals surface area (Å²) in [7, 11) is -2.72. The Hall–Kier alpha value is -1.05. The predicted octanol–water partition coefficient (Wildman–Crippen LogP) is 1.18. The first-order valence-corrected chi connectivity index (χ1v) is 6.84. The lowest BCUT2D eigenvalue weighted by Crippen LogP contribution is -2.34. The summed E-state index contributed by atoms with van der Waals surface area (Å²) in [6.45, 7) is 2.23. The average molecular weight is 278 g/mol. The minimum Gasteiger partial charge on any atom is -0.330 e. The van der Waals surface area contributed by atoms with E-state index in [0.717, 1.165) is 16.4 Å². The average Bonchev–Trinajstić information content (AvgIpc) is 2.31. The number of benzene rings is 1. The molecule has 0 saturated carbocycles. The largest absolute Gasteiger partial charge is 0.330 e. The molecule has 1 unspecified atom stereocenters. The maximum Gasteiger partial charge on any atom is 0.245 e. The van der Waals surface area contributed by atoms with E-state index in [0.29, 0.717) is 12.6 Å². The number of hydrogen-bond donors (Lipinski definition) is 1. The van der Waals surface area contributed by atoms with Crippen LogP contribution in [0.25, 0.3) is 0 Å². The van der Waals surface area contributed by atoms with Gasteiger partial charge in [0.1, 0.15) is 16.5 Å². The lowest BCUT2D eigenvalue weighted by atomic mass is 10.2. The van der Waals surface area contributed by atoms with E-state index in [1.54, 1.807) is 6.92 Å². The van der Waals surface area contributed by atoms with Crippen LogP contribution < -0.4 is 5.73 Å². The molecule has 0 saturated heterocycles. The van der Waals surface area contributed by atoms with E-state index in [4.69, 9.17) is 5.73 Å². The summed E-state index contributed by atoms with van der Waals surface area (Å²) >= 11 is 0. The van der Waals surface area contributed by atoms with Gasteiger partial charge in [0.05, 0.1) is 0 Å². The van der Waals surface area contributed by atoms with Crippen LogP contribution in [0.3, 0.4) is 0 Å². The summed E-state index contributed by atoms with van der Waals surface area (Å²) in [6.07, 6.45) is 0. The fourth-order valence-electron chi connectivity index (χ4n) is 1.45. The third kappa shape index (κ3) is 3.24. The van der Waals surface area contributed by atoms with Crippen molar-refractivity contribution in [3.05, 3.63) is 29.8 Å². The summed E-state index contributed by atoms with van der Waals surface area (Å²) in [5.74, 6) is -1.83. The van der Waals surface area contributed by atoms with Gasteiger partial charge >= 0.3 is 0 Å². The monoisotopic (exact) mass is 278 g/mol. The second-order valence-electron chi connectivity index (χ2n) is 4.20. The van der Waals surface area contributed by atoms with Crippen molar-refractivity contribution in [2.24, 2.45) is 11.7 Å². The summed E-state index contributed by atoms with van der Waals surface area (Å²) in [4.78, 5) is -0.658. The highest BCUT2D eigenvalue weighted by molar-refractivity contribution is 7.89. The van der Waals surface area contributed by atoms with Crippen LogP contribution in [0.15, 0.2) is 23.1 Å². The Balaban J connectivity index is 3.09. The van der Waals surface area contributed by atoms with E-state index in [1.807, 2.05) is 0 Å². The molecule has 0 spiro atoms. The van der Waals surface area contributed by atoms with Crippen molar-refractivity contribution >= 4 is 10.0 Å². The minimum atomic E-state index is -4.03. The standard InChI is InChI=1S/C11H16F2N2O2S/c1-8(6-14)7-15(2)18(16,17)11-5-9(12)3-4-10(11)13/h3-5,8H,6-7,14H2,1-2H3. The zero-order valence-corrected chi connectivity index (χ0v) is 11.0. The zero-order valence-electron chi connectivity index (χ0n) is 10.2. The molecule has 1 aromatic carbocycles. The Labute approximate surface area is 105 Å². The van der Waals surface area contributed by atoms with E-state index in [9.17, 15) is 17.2 Å². The summed E-state index contributed by atoms with van der Waals surface area (Å²) in [5, 5.41) is 0. The summed E-state index contributed by atoms with van der Waals surface area (Å²) in [6, 6.07) is 2.34. The Morgan fingerprint density at radius 1 is 1.39 bits per heavy atom. The smallest absolute Gasteiger partial charge is 0.245 e. The normalized spacial score (nSPS) is 13.9. The van der Waals surface area contributed by atoms with Crippen LogP contribution in [0.1, 0.15) is 6.92 Å². The highest BCUT2D eigenvalue weighted by Gasteiger charge is 2.25. The molecule has 0 amide bonds. The summed E-state index contributed by atoms with van der Waals surface area (Å²) < 4.78 is 51.5. The third-order valence-corrected chi connectivity index (χ3v) is 4.39. The van der Waals surface area contributed by atoms with Crippen LogP contribution >= 0.6 is 0 Å². The number of sulfonamides is 1.